The molecule has 2 aromatic carbocycles. The van der Waals surface area contributed by atoms with E-state index in [2.05, 4.69) is 4.98 Å². The van der Waals surface area contributed by atoms with Gasteiger partial charge in [0, 0.05) is 30.2 Å². The quantitative estimate of drug-likeness (QED) is 0.756. The first-order chi connectivity index (χ1) is 13.5. The molecule has 28 heavy (non-hydrogen) atoms. The Labute approximate surface area is 160 Å². The number of rotatable bonds is 3. The topological polar surface area (TPSA) is 71.6 Å². The van der Waals surface area contributed by atoms with E-state index in [1.807, 2.05) is 12.1 Å². The molecule has 1 amide bonds. The number of pyridine rings is 1. The summed E-state index contributed by atoms with van der Waals surface area (Å²) in [6.45, 7) is 0.830. The second kappa shape index (κ2) is 6.99. The van der Waals surface area contributed by atoms with Gasteiger partial charge >= 0.3 is 0 Å². The van der Waals surface area contributed by atoms with E-state index >= 15 is 0 Å². The van der Waals surface area contributed by atoms with Crippen LogP contribution in [0.1, 0.15) is 21.5 Å². The summed E-state index contributed by atoms with van der Waals surface area (Å²) in [5.74, 6) is 0.340. The van der Waals surface area contributed by atoms with Crippen LogP contribution in [0.3, 0.4) is 0 Å². The summed E-state index contributed by atoms with van der Waals surface area (Å²) >= 11 is 0. The van der Waals surface area contributed by atoms with E-state index in [9.17, 15) is 14.0 Å². The number of carbonyl (C=O) groups is 1. The van der Waals surface area contributed by atoms with Gasteiger partial charge in [0.1, 0.15) is 11.4 Å². The summed E-state index contributed by atoms with van der Waals surface area (Å²) in [5.41, 5.74) is 2.04. The van der Waals surface area contributed by atoms with Crippen LogP contribution in [-0.2, 0) is 13.0 Å². The van der Waals surface area contributed by atoms with Gasteiger partial charge in [0.25, 0.3) is 5.91 Å². The molecule has 144 valence electrons. The summed E-state index contributed by atoms with van der Waals surface area (Å²) < 4.78 is 24.2. The van der Waals surface area contributed by atoms with Gasteiger partial charge in [-0.25, -0.2) is 4.39 Å². The molecule has 1 aliphatic heterocycles. The maximum atomic E-state index is 13.5. The van der Waals surface area contributed by atoms with Gasteiger partial charge in [0.2, 0.25) is 5.43 Å². The molecule has 0 saturated heterocycles. The third-order valence-corrected chi connectivity index (χ3v) is 5.08. The molecule has 1 N–H and O–H groups in total. The van der Waals surface area contributed by atoms with Crippen LogP contribution in [0.25, 0.3) is 10.9 Å². The number of carbonyl (C=O) groups excluding carboxylic acids is 1. The van der Waals surface area contributed by atoms with Crippen LogP contribution in [0.15, 0.2) is 41.3 Å². The van der Waals surface area contributed by atoms with Crippen LogP contribution in [0, 0.1) is 5.82 Å². The average Bonchev–Trinajstić information content (AvgIpc) is 2.72. The minimum absolute atomic E-state index is 0.00188. The van der Waals surface area contributed by atoms with Gasteiger partial charge < -0.3 is 19.4 Å². The number of ether oxygens (including phenoxy) is 2. The van der Waals surface area contributed by atoms with Crippen molar-refractivity contribution in [2.45, 2.75) is 13.0 Å². The number of benzene rings is 2. The van der Waals surface area contributed by atoms with Crippen LogP contribution in [-0.4, -0.2) is 36.6 Å². The summed E-state index contributed by atoms with van der Waals surface area (Å²) in [4.78, 5) is 30.2. The van der Waals surface area contributed by atoms with Crippen molar-refractivity contribution in [3.05, 3.63) is 69.3 Å². The third-order valence-electron chi connectivity index (χ3n) is 5.08. The van der Waals surface area contributed by atoms with Crippen molar-refractivity contribution in [2.75, 3.05) is 20.8 Å². The maximum absolute atomic E-state index is 13.5. The van der Waals surface area contributed by atoms with E-state index < -0.39 is 11.2 Å². The fourth-order valence-electron chi connectivity index (χ4n) is 3.58. The first kappa shape index (κ1) is 18.0. The largest absolute Gasteiger partial charge is 0.493 e. The number of nitrogens with zero attached hydrogens (tertiary/aromatic N) is 1. The van der Waals surface area contributed by atoms with Crippen LogP contribution in [0.2, 0.25) is 0 Å². The van der Waals surface area contributed by atoms with E-state index in [-0.39, 0.29) is 16.9 Å². The number of aromatic amines is 1. The lowest BCUT2D eigenvalue weighted by molar-refractivity contribution is 0.0733. The van der Waals surface area contributed by atoms with Crippen molar-refractivity contribution in [1.82, 2.24) is 9.88 Å². The Balaban J connectivity index is 1.68. The highest BCUT2D eigenvalue weighted by Gasteiger charge is 2.25. The molecule has 3 aromatic rings. The number of halogens is 1. The number of hydrogen-bond donors (Lipinski definition) is 1. The number of nitrogens with one attached hydrogen (secondary N) is 1. The second-order valence-electron chi connectivity index (χ2n) is 6.67. The summed E-state index contributed by atoms with van der Waals surface area (Å²) in [5, 5.41) is 0.162. The zero-order chi connectivity index (χ0) is 19.8. The number of methoxy groups -OCH3 is 2. The van der Waals surface area contributed by atoms with Gasteiger partial charge in [-0.2, -0.15) is 0 Å². The Morgan fingerprint density at radius 2 is 1.82 bits per heavy atom. The molecule has 7 heteroatoms. The highest BCUT2D eigenvalue weighted by atomic mass is 19.1. The Kier molecular flexibility index (Phi) is 4.50. The fourth-order valence-corrected chi connectivity index (χ4v) is 3.58. The molecule has 0 atom stereocenters. The van der Waals surface area contributed by atoms with E-state index in [0.717, 1.165) is 17.2 Å². The number of aromatic nitrogens is 1. The molecule has 1 aromatic heterocycles. The van der Waals surface area contributed by atoms with Crippen molar-refractivity contribution < 1.29 is 18.7 Å². The highest BCUT2D eigenvalue weighted by molar-refractivity contribution is 5.97. The Hall–Kier alpha value is -3.35. The second-order valence-corrected chi connectivity index (χ2v) is 6.67. The van der Waals surface area contributed by atoms with Gasteiger partial charge in [-0.1, -0.05) is 0 Å². The first-order valence-corrected chi connectivity index (χ1v) is 8.86. The lowest BCUT2D eigenvalue weighted by Crippen LogP contribution is -2.38. The number of amides is 1. The standard InChI is InChI=1S/C21H19FN2O4/c1-27-18-7-12-5-6-24(11-13(12)8-19(18)28-2)21(26)16-10-23-17-4-3-14(22)9-15(17)20(16)25/h3-4,7-10H,5-6,11H2,1-2H3,(H,23,25). The normalized spacial score (nSPS) is 13.3. The molecular weight excluding hydrogens is 363 g/mol. The van der Waals surface area contributed by atoms with Crippen LogP contribution in [0.4, 0.5) is 4.39 Å². The molecule has 0 radical (unpaired) electrons. The fraction of sp³-hybridized carbons (Fsp3) is 0.238. The van der Waals surface area contributed by atoms with Gasteiger partial charge in [-0.15, -0.1) is 0 Å². The highest BCUT2D eigenvalue weighted by Crippen LogP contribution is 2.33. The van der Waals surface area contributed by atoms with Crippen molar-refractivity contribution in [1.29, 1.82) is 0 Å². The van der Waals surface area contributed by atoms with Gasteiger partial charge in [-0.3, -0.25) is 9.59 Å². The molecule has 0 fully saturated rings. The lowest BCUT2D eigenvalue weighted by atomic mass is 9.98. The maximum Gasteiger partial charge on any atom is 0.259 e. The number of H-pyrrole nitrogens is 1. The molecule has 0 unspecified atom stereocenters. The van der Waals surface area contributed by atoms with Gasteiger partial charge in [0.15, 0.2) is 11.5 Å². The Bertz CT molecular complexity index is 1140. The predicted octanol–water partition coefficient (Wildman–Crippen LogP) is 2.88. The number of fused-ring (bicyclic) bond motifs is 2. The van der Waals surface area contributed by atoms with E-state index in [1.165, 1.54) is 18.3 Å². The van der Waals surface area contributed by atoms with Crippen molar-refractivity contribution in [3.8, 4) is 11.5 Å². The SMILES string of the molecule is COc1cc2c(cc1OC)CN(C(=O)c1c[nH]c3ccc(F)cc3c1=O)CC2. The average molecular weight is 382 g/mol. The zero-order valence-electron chi connectivity index (χ0n) is 15.5. The lowest BCUT2D eigenvalue weighted by Gasteiger charge is -2.29. The van der Waals surface area contributed by atoms with E-state index in [4.69, 9.17) is 9.47 Å². The Morgan fingerprint density at radius 3 is 2.54 bits per heavy atom. The molecular formula is C21H19FN2O4. The summed E-state index contributed by atoms with van der Waals surface area (Å²) in [6.07, 6.45) is 2.04. The Morgan fingerprint density at radius 1 is 1.11 bits per heavy atom. The molecule has 0 bridgehead atoms. The molecule has 1 aliphatic rings. The summed E-state index contributed by atoms with van der Waals surface area (Å²) in [7, 11) is 3.14. The van der Waals surface area contributed by atoms with Crippen molar-refractivity contribution in [3.63, 3.8) is 0 Å². The first-order valence-electron chi connectivity index (χ1n) is 8.86. The number of hydrogen-bond acceptors (Lipinski definition) is 4. The van der Waals surface area contributed by atoms with E-state index in [0.29, 0.717) is 36.5 Å². The van der Waals surface area contributed by atoms with Gasteiger partial charge in [0.05, 0.1) is 14.2 Å². The molecule has 6 nitrogen and oxygen atoms in total. The smallest absolute Gasteiger partial charge is 0.259 e. The summed E-state index contributed by atoms with van der Waals surface area (Å²) in [6, 6.07) is 7.67. The van der Waals surface area contributed by atoms with Crippen molar-refractivity contribution in [2.24, 2.45) is 0 Å². The molecule has 4 rings (SSSR count). The van der Waals surface area contributed by atoms with E-state index in [1.54, 1.807) is 19.1 Å². The zero-order valence-corrected chi connectivity index (χ0v) is 15.5. The van der Waals surface area contributed by atoms with Crippen molar-refractivity contribution >= 4 is 16.8 Å². The minimum atomic E-state index is -0.518. The molecule has 0 spiro atoms. The monoisotopic (exact) mass is 382 g/mol. The van der Waals surface area contributed by atoms with Crippen LogP contribution >= 0.6 is 0 Å². The van der Waals surface area contributed by atoms with Crippen LogP contribution < -0.4 is 14.9 Å². The van der Waals surface area contributed by atoms with Crippen LogP contribution in [0.5, 0.6) is 11.5 Å². The molecule has 0 aliphatic carbocycles. The molecule has 2 heterocycles. The molecule has 0 saturated carbocycles. The minimum Gasteiger partial charge on any atom is -0.493 e. The third kappa shape index (κ3) is 2.98. The van der Waals surface area contributed by atoms with Gasteiger partial charge in [-0.05, 0) is 47.9 Å². The predicted molar refractivity (Wildman–Crippen MR) is 103 cm³/mol.